The molecule has 132 valence electrons. The summed E-state index contributed by atoms with van der Waals surface area (Å²) in [4.78, 5) is 14.4. The van der Waals surface area contributed by atoms with Crippen LogP contribution in [0, 0.1) is 0 Å². The van der Waals surface area contributed by atoms with E-state index in [2.05, 4.69) is 18.2 Å². The fraction of sp³-hybridized carbons (Fsp3) is 0.611. The third-order valence-corrected chi connectivity index (χ3v) is 6.97. The minimum Gasteiger partial charge on any atom is -0.341 e. The summed E-state index contributed by atoms with van der Waals surface area (Å²) in [5, 5.41) is 0. The van der Waals surface area contributed by atoms with Gasteiger partial charge in [-0.25, -0.2) is 12.7 Å². The molecular formula is C18H26N2O3S. The highest BCUT2D eigenvalue weighted by Gasteiger charge is 2.25. The normalized spacial score (nSPS) is 19.1. The Morgan fingerprint density at radius 3 is 2.62 bits per heavy atom. The molecule has 0 saturated carbocycles. The van der Waals surface area contributed by atoms with E-state index >= 15 is 0 Å². The molecule has 1 amide bonds. The van der Waals surface area contributed by atoms with Gasteiger partial charge in [-0.1, -0.05) is 18.2 Å². The first-order valence-corrected chi connectivity index (χ1v) is 10.5. The van der Waals surface area contributed by atoms with Crippen LogP contribution >= 0.6 is 0 Å². The number of fused-ring (bicyclic) bond motifs is 1. The molecule has 2 aliphatic rings. The summed E-state index contributed by atoms with van der Waals surface area (Å²) in [7, 11) is -3.16. The van der Waals surface area contributed by atoms with Gasteiger partial charge in [-0.3, -0.25) is 4.79 Å². The molecule has 0 unspecified atom stereocenters. The molecule has 1 saturated heterocycles. The second kappa shape index (κ2) is 7.23. The zero-order chi connectivity index (χ0) is 17.2. The van der Waals surface area contributed by atoms with Gasteiger partial charge in [0, 0.05) is 26.2 Å². The third-order valence-electron chi connectivity index (χ3n) is 5.08. The Morgan fingerprint density at radius 1 is 1.04 bits per heavy atom. The smallest absolute Gasteiger partial charge is 0.227 e. The van der Waals surface area contributed by atoms with E-state index in [1.807, 2.05) is 4.90 Å². The van der Waals surface area contributed by atoms with Gasteiger partial charge in [0.1, 0.15) is 0 Å². The van der Waals surface area contributed by atoms with Crippen LogP contribution in [0.5, 0.6) is 0 Å². The molecule has 0 bridgehead atoms. The van der Waals surface area contributed by atoms with Gasteiger partial charge in [0.2, 0.25) is 15.9 Å². The van der Waals surface area contributed by atoms with E-state index in [0.717, 1.165) is 18.4 Å². The molecule has 0 atom stereocenters. The number of hydrogen-bond acceptors (Lipinski definition) is 3. The van der Waals surface area contributed by atoms with E-state index < -0.39 is 10.0 Å². The molecule has 1 aromatic carbocycles. The maximum Gasteiger partial charge on any atom is 0.227 e. The number of hydrogen-bond donors (Lipinski definition) is 0. The summed E-state index contributed by atoms with van der Waals surface area (Å²) in [6.45, 7) is 3.71. The highest BCUT2D eigenvalue weighted by Crippen LogP contribution is 2.23. The zero-order valence-electron chi connectivity index (χ0n) is 14.3. The van der Waals surface area contributed by atoms with E-state index in [4.69, 9.17) is 0 Å². The molecule has 1 aromatic rings. The number of aryl methyl sites for hydroxylation is 2. The molecule has 6 heteroatoms. The molecule has 1 fully saturated rings. The van der Waals surface area contributed by atoms with Crippen molar-refractivity contribution in [3.63, 3.8) is 0 Å². The quantitative estimate of drug-likeness (QED) is 0.829. The van der Waals surface area contributed by atoms with Gasteiger partial charge in [-0.15, -0.1) is 0 Å². The molecule has 5 nitrogen and oxygen atoms in total. The van der Waals surface area contributed by atoms with Crippen molar-refractivity contribution in [2.45, 2.75) is 39.0 Å². The third kappa shape index (κ3) is 3.81. The number of benzene rings is 1. The molecule has 0 spiro atoms. The SMILES string of the molecule is CCS(=O)(=O)N1CCCN(C(=O)Cc2ccc3c(c2)CCC3)CC1. The first-order valence-electron chi connectivity index (χ1n) is 8.86. The molecule has 0 radical (unpaired) electrons. The van der Waals surface area contributed by atoms with E-state index in [1.54, 1.807) is 6.92 Å². The van der Waals surface area contributed by atoms with Crippen LogP contribution in [0.15, 0.2) is 18.2 Å². The second-order valence-electron chi connectivity index (χ2n) is 6.67. The van der Waals surface area contributed by atoms with Crippen molar-refractivity contribution < 1.29 is 13.2 Å². The van der Waals surface area contributed by atoms with E-state index in [-0.39, 0.29) is 11.7 Å². The minimum atomic E-state index is -3.16. The summed E-state index contributed by atoms with van der Waals surface area (Å²) < 4.78 is 25.5. The number of rotatable bonds is 4. The highest BCUT2D eigenvalue weighted by molar-refractivity contribution is 7.89. The largest absolute Gasteiger partial charge is 0.341 e. The summed E-state index contributed by atoms with van der Waals surface area (Å²) in [5.74, 6) is 0.222. The summed E-state index contributed by atoms with van der Waals surface area (Å²) in [6, 6.07) is 6.39. The first kappa shape index (κ1) is 17.4. The zero-order valence-corrected chi connectivity index (χ0v) is 15.1. The molecule has 3 rings (SSSR count). The summed E-state index contributed by atoms with van der Waals surface area (Å²) in [6.07, 6.45) is 4.59. The van der Waals surface area contributed by atoms with Gasteiger partial charge >= 0.3 is 0 Å². The molecule has 24 heavy (non-hydrogen) atoms. The standard InChI is InChI=1S/C18H26N2O3S/c1-2-24(22,23)20-10-4-9-19(11-12-20)18(21)14-15-7-8-16-5-3-6-17(16)13-15/h7-8,13H,2-6,9-12,14H2,1H3. The fourth-order valence-corrected chi connectivity index (χ4v) is 4.76. The predicted octanol–water partition coefficient (Wildman–Crippen LogP) is 1.60. The van der Waals surface area contributed by atoms with Crippen LogP contribution in [-0.2, 0) is 34.1 Å². The van der Waals surface area contributed by atoms with Crippen LogP contribution in [0.4, 0.5) is 0 Å². The van der Waals surface area contributed by atoms with Crippen LogP contribution in [0.2, 0.25) is 0 Å². The van der Waals surface area contributed by atoms with Gasteiger partial charge in [0.25, 0.3) is 0 Å². The van der Waals surface area contributed by atoms with Crippen LogP contribution in [0.3, 0.4) is 0 Å². The summed E-state index contributed by atoms with van der Waals surface area (Å²) >= 11 is 0. The lowest BCUT2D eigenvalue weighted by Gasteiger charge is -2.21. The van der Waals surface area contributed by atoms with Crippen molar-refractivity contribution in [3.05, 3.63) is 34.9 Å². The second-order valence-corrected chi connectivity index (χ2v) is 8.92. The van der Waals surface area contributed by atoms with Crippen molar-refractivity contribution >= 4 is 15.9 Å². The van der Waals surface area contributed by atoms with E-state index in [1.165, 1.54) is 21.9 Å². The minimum absolute atomic E-state index is 0.101. The maximum atomic E-state index is 12.6. The average Bonchev–Trinajstić information content (AvgIpc) is 2.88. The van der Waals surface area contributed by atoms with Crippen molar-refractivity contribution in [3.8, 4) is 0 Å². The molecule has 0 aromatic heterocycles. The lowest BCUT2D eigenvalue weighted by molar-refractivity contribution is -0.130. The van der Waals surface area contributed by atoms with Crippen molar-refractivity contribution in [1.29, 1.82) is 0 Å². The van der Waals surface area contributed by atoms with Crippen molar-refractivity contribution in [2.75, 3.05) is 31.9 Å². The van der Waals surface area contributed by atoms with E-state index in [0.29, 0.717) is 39.0 Å². The Kier molecular flexibility index (Phi) is 5.25. The lowest BCUT2D eigenvalue weighted by atomic mass is 10.0. The van der Waals surface area contributed by atoms with Crippen LogP contribution in [-0.4, -0.2) is 55.5 Å². The predicted molar refractivity (Wildman–Crippen MR) is 94.4 cm³/mol. The Hall–Kier alpha value is -1.40. The molecular weight excluding hydrogens is 324 g/mol. The Labute approximate surface area is 144 Å². The highest BCUT2D eigenvalue weighted by atomic mass is 32.2. The average molecular weight is 350 g/mol. The number of amides is 1. The monoisotopic (exact) mass is 350 g/mol. The Balaban J connectivity index is 1.61. The number of carbonyl (C=O) groups excluding carboxylic acids is 1. The van der Waals surface area contributed by atoms with Gasteiger partial charge in [0.05, 0.1) is 12.2 Å². The van der Waals surface area contributed by atoms with Crippen molar-refractivity contribution in [2.24, 2.45) is 0 Å². The number of sulfonamides is 1. The first-order chi connectivity index (χ1) is 11.5. The Morgan fingerprint density at radius 2 is 1.83 bits per heavy atom. The topological polar surface area (TPSA) is 57.7 Å². The van der Waals surface area contributed by atoms with Gasteiger partial charge in [-0.2, -0.15) is 0 Å². The van der Waals surface area contributed by atoms with Crippen LogP contribution in [0.25, 0.3) is 0 Å². The Bertz CT molecular complexity index is 715. The number of nitrogens with zero attached hydrogens (tertiary/aromatic N) is 2. The molecule has 0 N–H and O–H groups in total. The lowest BCUT2D eigenvalue weighted by Crippen LogP contribution is -2.38. The summed E-state index contributed by atoms with van der Waals surface area (Å²) in [5.41, 5.74) is 3.88. The van der Waals surface area contributed by atoms with Gasteiger partial charge < -0.3 is 4.90 Å². The number of carbonyl (C=O) groups is 1. The van der Waals surface area contributed by atoms with E-state index in [9.17, 15) is 13.2 Å². The fourth-order valence-electron chi connectivity index (χ4n) is 3.63. The van der Waals surface area contributed by atoms with Crippen LogP contribution < -0.4 is 0 Å². The van der Waals surface area contributed by atoms with Crippen molar-refractivity contribution in [1.82, 2.24) is 9.21 Å². The molecule has 1 aliphatic heterocycles. The maximum absolute atomic E-state index is 12.6. The molecule has 1 aliphatic carbocycles. The van der Waals surface area contributed by atoms with Gasteiger partial charge in [0.15, 0.2) is 0 Å². The molecule has 1 heterocycles. The van der Waals surface area contributed by atoms with Crippen LogP contribution in [0.1, 0.15) is 36.5 Å². The van der Waals surface area contributed by atoms with Gasteiger partial charge in [-0.05, 0) is 49.3 Å².